The molecule has 23 heavy (non-hydrogen) atoms. The minimum atomic E-state index is -0.234. The summed E-state index contributed by atoms with van der Waals surface area (Å²) in [4.78, 5) is 18.6. The van der Waals surface area contributed by atoms with E-state index in [1.807, 2.05) is 35.7 Å². The Morgan fingerprint density at radius 3 is 2.78 bits per heavy atom. The summed E-state index contributed by atoms with van der Waals surface area (Å²) >= 11 is 1.40. The van der Waals surface area contributed by atoms with Crippen LogP contribution in [0.15, 0.2) is 41.9 Å². The predicted molar refractivity (Wildman–Crippen MR) is 90.7 cm³/mol. The summed E-state index contributed by atoms with van der Waals surface area (Å²) < 4.78 is 5.39. The van der Waals surface area contributed by atoms with E-state index in [1.165, 1.54) is 11.3 Å². The number of morpholine rings is 1. The van der Waals surface area contributed by atoms with E-state index in [4.69, 9.17) is 4.74 Å². The van der Waals surface area contributed by atoms with E-state index < -0.39 is 0 Å². The van der Waals surface area contributed by atoms with Crippen LogP contribution in [0.25, 0.3) is 0 Å². The minimum absolute atomic E-state index is 0.0748. The van der Waals surface area contributed by atoms with Crippen molar-refractivity contribution in [3.63, 3.8) is 0 Å². The van der Waals surface area contributed by atoms with Crippen LogP contribution in [0.5, 0.6) is 0 Å². The lowest BCUT2D eigenvalue weighted by Crippen LogP contribution is -2.44. The molecule has 1 aliphatic heterocycles. The van der Waals surface area contributed by atoms with Crippen LogP contribution in [0.4, 0.5) is 9.93 Å². The first-order valence-electron chi connectivity index (χ1n) is 7.63. The number of hydrogen-bond acceptors (Lipinski definition) is 5. The first-order chi connectivity index (χ1) is 11.3. The fourth-order valence-electron chi connectivity index (χ4n) is 2.54. The number of carbonyl (C=O) groups is 1. The smallest absolute Gasteiger partial charge is 0.321 e. The molecule has 122 valence electrons. The van der Waals surface area contributed by atoms with Gasteiger partial charge in [0.25, 0.3) is 0 Å². The average Bonchev–Trinajstić information content (AvgIpc) is 3.09. The van der Waals surface area contributed by atoms with E-state index in [0.717, 1.165) is 38.4 Å². The highest BCUT2D eigenvalue weighted by atomic mass is 32.1. The lowest BCUT2D eigenvalue weighted by molar-refractivity contribution is 0.0340. The summed E-state index contributed by atoms with van der Waals surface area (Å²) in [5, 5.41) is 8.26. The maximum absolute atomic E-state index is 12.2. The van der Waals surface area contributed by atoms with Gasteiger partial charge in [0, 0.05) is 31.2 Å². The number of ether oxygens (including phenoxy) is 1. The van der Waals surface area contributed by atoms with E-state index in [1.54, 1.807) is 6.20 Å². The lowest BCUT2D eigenvalue weighted by atomic mass is 10.1. The minimum Gasteiger partial charge on any atom is -0.379 e. The number of anilines is 1. The molecule has 1 atom stereocenters. The number of aromatic nitrogens is 1. The van der Waals surface area contributed by atoms with Gasteiger partial charge in [-0.1, -0.05) is 30.3 Å². The molecule has 1 unspecified atom stereocenters. The third kappa shape index (κ3) is 4.75. The number of nitrogens with zero attached hydrogens (tertiary/aromatic N) is 2. The van der Waals surface area contributed by atoms with Crippen LogP contribution in [-0.4, -0.2) is 48.8 Å². The van der Waals surface area contributed by atoms with Crippen molar-refractivity contribution in [3.05, 3.63) is 47.5 Å². The second-order valence-corrected chi connectivity index (χ2v) is 6.21. The van der Waals surface area contributed by atoms with Crippen LogP contribution >= 0.6 is 11.3 Å². The van der Waals surface area contributed by atoms with Crippen molar-refractivity contribution in [2.75, 3.05) is 38.2 Å². The van der Waals surface area contributed by atoms with E-state index >= 15 is 0 Å². The third-order valence-corrected chi connectivity index (χ3v) is 4.39. The van der Waals surface area contributed by atoms with Gasteiger partial charge in [-0.15, -0.1) is 11.3 Å². The molecule has 0 saturated carbocycles. The van der Waals surface area contributed by atoms with Crippen molar-refractivity contribution >= 4 is 22.5 Å². The molecular weight excluding hydrogens is 312 g/mol. The van der Waals surface area contributed by atoms with Gasteiger partial charge in [-0.25, -0.2) is 9.78 Å². The molecule has 0 spiro atoms. The SMILES string of the molecule is O=C(Nc1nccs1)NC(CN1CCOCC1)c1ccccc1. The summed E-state index contributed by atoms with van der Waals surface area (Å²) in [6.07, 6.45) is 1.67. The zero-order chi connectivity index (χ0) is 15.9. The standard InChI is InChI=1S/C16H20N4O2S/c21-15(19-16-17-6-11-23-16)18-14(13-4-2-1-3-5-13)12-20-7-9-22-10-8-20/h1-6,11,14H,7-10,12H2,(H2,17,18,19,21). The molecule has 0 bridgehead atoms. The Morgan fingerprint density at radius 1 is 1.30 bits per heavy atom. The van der Waals surface area contributed by atoms with Gasteiger partial charge in [0.1, 0.15) is 0 Å². The van der Waals surface area contributed by atoms with Crippen LogP contribution in [0, 0.1) is 0 Å². The molecule has 3 rings (SSSR count). The number of hydrogen-bond donors (Lipinski definition) is 2. The Kier molecular flexibility index (Phi) is 5.57. The molecule has 1 aromatic carbocycles. The number of rotatable bonds is 5. The molecule has 1 saturated heterocycles. The Labute approximate surface area is 139 Å². The molecule has 2 heterocycles. The van der Waals surface area contributed by atoms with Crippen molar-refractivity contribution in [2.45, 2.75) is 6.04 Å². The highest BCUT2D eigenvalue weighted by molar-refractivity contribution is 7.13. The maximum Gasteiger partial charge on any atom is 0.321 e. The Balaban J connectivity index is 1.65. The monoisotopic (exact) mass is 332 g/mol. The molecular formula is C16H20N4O2S. The van der Waals surface area contributed by atoms with Crippen LogP contribution < -0.4 is 10.6 Å². The zero-order valence-electron chi connectivity index (χ0n) is 12.8. The van der Waals surface area contributed by atoms with Crippen molar-refractivity contribution in [2.24, 2.45) is 0 Å². The maximum atomic E-state index is 12.2. The van der Waals surface area contributed by atoms with Gasteiger partial charge in [-0.2, -0.15) is 0 Å². The van der Waals surface area contributed by atoms with Gasteiger partial charge in [-0.3, -0.25) is 10.2 Å². The summed E-state index contributed by atoms with van der Waals surface area (Å²) in [5.41, 5.74) is 1.09. The second-order valence-electron chi connectivity index (χ2n) is 5.31. The largest absolute Gasteiger partial charge is 0.379 e. The van der Waals surface area contributed by atoms with Crippen molar-refractivity contribution in [1.29, 1.82) is 0 Å². The highest BCUT2D eigenvalue weighted by Gasteiger charge is 2.20. The van der Waals surface area contributed by atoms with E-state index in [2.05, 4.69) is 20.5 Å². The fourth-order valence-corrected chi connectivity index (χ4v) is 3.06. The van der Waals surface area contributed by atoms with E-state index in [9.17, 15) is 4.79 Å². The Bertz CT molecular complexity index is 600. The van der Waals surface area contributed by atoms with E-state index in [0.29, 0.717) is 5.13 Å². The van der Waals surface area contributed by atoms with Gasteiger partial charge in [0.05, 0.1) is 19.3 Å². The van der Waals surface area contributed by atoms with Crippen molar-refractivity contribution in [1.82, 2.24) is 15.2 Å². The molecule has 0 aliphatic carbocycles. The number of carbonyl (C=O) groups excluding carboxylic acids is 1. The molecule has 6 nitrogen and oxygen atoms in total. The van der Waals surface area contributed by atoms with Crippen LogP contribution in [0.1, 0.15) is 11.6 Å². The van der Waals surface area contributed by atoms with Crippen LogP contribution in [0.3, 0.4) is 0 Å². The van der Waals surface area contributed by atoms with Gasteiger partial charge >= 0.3 is 6.03 Å². The number of benzene rings is 1. The number of nitrogens with one attached hydrogen (secondary N) is 2. The molecule has 1 fully saturated rings. The first kappa shape index (κ1) is 15.9. The van der Waals surface area contributed by atoms with Gasteiger partial charge in [0.2, 0.25) is 0 Å². The van der Waals surface area contributed by atoms with Gasteiger partial charge in [0.15, 0.2) is 5.13 Å². The normalized spacial score (nSPS) is 16.7. The number of amides is 2. The van der Waals surface area contributed by atoms with Crippen LogP contribution in [0.2, 0.25) is 0 Å². The topological polar surface area (TPSA) is 66.5 Å². The predicted octanol–water partition coefficient (Wildman–Crippen LogP) is 2.34. The third-order valence-electron chi connectivity index (χ3n) is 3.70. The summed E-state index contributed by atoms with van der Waals surface area (Å²) in [5.74, 6) is 0. The van der Waals surface area contributed by atoms with Crippen LogP contribution in [-0.2, 0) is 4.74 Å². The van der Waals surface area contributed by atoms with E-state index in [-0.39, 0.29) is 12.1 Å². The quantitative estimate of drug-likeness (QED) is 0.882. The Hall–Kier alpha value is -1.96. The highest BCUT2D eigenvalue weighted by Crippen LogP contribution is 2.16. The molecule has 2 amide bonds. The average molecular weight is 332 g/mol. The van der Waals surface area contributed by atoms with Crippen molar-refractivity contribution < 1.29 is 9.53 Å². The zero-order valence-corrected chi connectivity index (χ0v) is 13.6. The molecule has 7 heteroatoms. The fraction of sp³-hybridized carbons (Fsp3) is 0.375. The van der Waals surface area contributed by atoms with Crippen molar-refractivity contribution in [3.8, 4) is 0 Å². The summed E-state index contributed by atoms with van der Waals surface area (Å²) in [7, 11) is 0. The van der Waals surface area contributed by atoms with Gasteiger partial charge < -0.3 is 10.1 Å². The lowest BCUT2D eigenvalue weighted by Gasteiger charge is -2.31. The first-order valence-corrected chi connectivity index (χ1v) is 8.51. The molecule has 1 aliphatic rings. The number of urea groups is 1. The molecule has 1 aromatic heterocycles. The second kappa shape index (κ2) is 8.05. The summed E-state index contributed by atoms with van der Waals surface area (Å²) in [6, 6.07) is 9.72. The Morgan fingerprint density at radius 2 is 2.09 bits per heavy atom. The molecule has 2 aromatic rings. The number of thiazole rings is 1. The molecule has 0 radical (unpaired) electrons. The van der Waals surface area contributed by atoms with Gasteiger partial charge in [-0.05, 0) is 5.56 Å². The summed E-state index contributed by atoms with van der Waals surface area (Å²) in [6.45, 7) is 4.02. The molecule has 2 N–H and O–H groups in total.